The predicted molar refractivity (Wildman–Crippen MR) is 131 cm³/mol. The first-order chi connectivity index (χ1) is 15.9. The van der Waals surface area contributed by atoms with E-state index < -0.39 is 11.9 Å². The van der Waals surface area contributed by atoms with Crippen LogP contribution in [0.5, 0.6) is 0 Å². The molecular formula is C25H22N4O3S. The number of nitrogens with zero attached hydrogens (tertiary/aromatic N) is 2. The van der Waals surface area contributed by atoms with Gasteiger partial charge in [0.2, 0.25) is 5.91 Å². The van der Waals surface area contributed by atoms with Crippen LogP contribution in [0.2, 0.25) is 0 Å². The highest BCUT2D eigenvalue weighted by atomic mass is 32.2. The summed E-state index contributed by atoms with van der Waals surface area (Å²) in [5, 5.41) is 5.89. The van der Waals surface area contributed by atoms with Gasteiger partial charge >= 0.3 is 6.03 Å². The number of nitrogens with one attached hydrogen (secondary N) is 2. The highest BCUT2D eigenvalue weighted by molar-refractivity contribution is 7.99. The molecule has 0 fully saturated rings. The fraction of sp³-hybridized carbons (Fsp3) is 0.120. The van der Waals surface area contributed by atoms with Gasteiger partial charge in [0.05, 0.1) is 22.3 Å². The summed E-state index contributed by atoms with van der Waals surface area (Å²) in [7, 11) is 0. The van der Waals surface area contributed by atoms with Crippen molar-refractivity contribution in [1.29, 1.82) is 0 Å². The Hall–Kier alpha value is -3.91. The smallest absolute Gasteiger partial charge is 0.307 e. The maximum atomic E-state index is 13.2. The fourth-order valence-corrected chi connectivity index (χ4v) is 4.16. The molecule has 33 heavy (non-hydrogen) atoms. The van der Waals surface area contributed by atoms with Crippen molar-refractivity contribution in [2.24, 2.45) is 0 Å². The molecule has 7 nitrogen and oxygen atoms in total. The Morgan fingerprint density at radius 1 is 0.939 bits per heavy atom. The summed E-state index contributed by atoms with van der Waals surface area (Å²) in [6, 6.07) is 21.2. The number of carbonyl (C=O) groups is 2. The molecule has 0 radical (unpaired) electrons. The molecule has 3 aromatic carbocycles. The summed E-state index contributed by atoms with van der Waals surface area (Å²) in [5.74, 6) is -0.581. The topological polar surface area (TPSA) is 93.1 Å². The van der Waals surface area contributed by atoms with Gasteiger partial charge in [0.1, 0.15) is 0 Å². The van der Waals surface area contributed by atoms with Gasteiger partial charge in [-0.05, 0) is 55.3 Å². The molecule has 0 bridgehead atoms. The molecule has 0 atom stereocenters. The van der Waals surface area contributed by atoms with Gasteiger partial charge in [0, 0.05) is 5.69 Å². The van der Waals surface area contributed by atoms with Crippen molar-refractivity contribution in [2.75, 3.05) is 11.1 Å². The summed E-state index contributed by atoms with van der Waals surface area (Å²) in [6.07, 6.45) is 0. The second-order valence-corrected chi connectivity index (χ2v) is 8.37. The highest BCUT2D eigenvalue weighted by Gasteiger charge is 2.16. The van der Waals surface area contributed by atoms with Crippen LogP contribution in [-0.4, -0.2) is 27.2 Å². The lowest BCUT2D eigenvalue weighted by atomic mass is 10.1. The fourth-order valence-electron chi connectivity index (χ4n) is 3.35. The maximum absolute atomic E-state index is 13.2. The molecule has 0 spiro atoms. The molecule has 0 unspecified atom stereocenters. The highest BCUT2D eigenvalue weighted by Crippen LogP contribution is 2.21. The van der Waals surface area contributed by atoms with E-state index in [0.717, 1.165) is 22.9 Å². The Bertz CT molecular complexity index is 1400. The monoisotopic (exact) mass is 458 g/mol. The van der Waals surface area contributed by atoms with Crippen molar-refractivity contribution in [3.8, 4) is 5.69 Å². The van der Waals surface area contributed by atoms with Crippen LogP contribution in [0.3, 0.4) is 0 Å². The van der Waals surface area contributed by atoms with Gasteiger partial charge in [-0.3, -0.25) is 19.5 Å². The number of para-hydroxylation sites is 2. The van der Waals surface area contributed by atoms with Crippen LogP contribution in [0, 0.1) is 13.8 Å². The SMILES string of the molecule is Cc1cccc(NC(=O)NC(=O)CSc2nc3ccccc3c(=O)n2-c2ccccc2)c1C. The van der Waals surface area contributed by atoms with Crippen molar-refractivity contribution >= 4 is 40.3 Å². The molecule has 4 aromatic rings. The molecule has 0 aliphatic rings. The van der Waals surface area contributed by atoms with Gasteiger partial charge in [0.25, 0.3) is 5.56 Å². The lowest BCUT2D eigenvalue weighted by Crippen LogP contribution is -2.35. The standard InChI is InChI=1S/C25H22N4O3S/c1-16-9-8-14-20(17(16)2)26-24(32)28-22(30)15-33-25-27-21-13-7-6-12-19(21)23(31)29(25)18-10-4-3-5-11-18/h3-14H,15H2,1-2H3,(H2,26,28,30,32). The number of fused-ring (bicyclic) bond motifs is 1. The summed E-state index contributed by atoms with van der Waals surface area (Å²) in [5.41, 5.74) is 3.59. The van der Waals surface area contributed by atoms with Gasteiger partial charge in [0.15, 0.2) is 5.16 Å². The number of aromatic nitrogens is 2. The third-order valence-corrected chi connectivity index (χ3v) is 6.14. The predicted octanol–water partition coefficient (Wildman–Crippen LogP) is 4.44. The third kappa shape index (κ3) is 4.96. The van der Waals surface area contributed by atoms with E-state index in [4.69, 9.17) is 0 Å². The van der Waals surface area contributed by atoms with Crippen LogP contribution in [0.25, 0.3) is 16.6 Å². The largest absolute Gasteiger partial charge is 0.325 e. The lowest BCUT2D eigenvalue weighted by molar-refractivity contribution is -0.117. The third-order valence-electron chi connectivity index (χ3n) is 5.20. The molecule has 0 aliphatic heterocycles. The number of hydrogen-bond donors (Lipinski definition) is 2. The molecule has 166 valence electrons. The molecule has 1 heterocycles. The average molecular weight is 459 g/mol. The number of benzene rings is 3. The zero-order chi connectivity index (χ0) is 23.4. The van der Waals surface area contributed by atoms with Crippen LogP contribution in [0.4, 0.5) is 10.5 Å². The molecule has 0 saturated heterocycles. The van der Waals surface area contributed by atoms with E-state index in [1.165, 1.54) is 4.57 Å². The second-order valence-electron chi connectivity index (χ2n) is 7.43. The van der Waals surface area contributed by atoms with Crippen molar-refractivity contribution in [2.45, 2.75) is 19.0 Å². The van der Waals surface area contributed by atoms with Gasteiger partial charge in [-0.2, -0.15) is 0 Å². The number of rotatable bonds is 5. The zero-order valence-corrected chi connectivity index (χ0v) is 19.0. The Balaban J connectivity index is 1.53. The molecule has 4 rings (SSSR count). The molecular weight excluding hydrogens is 436 g/mol. The second kappa shape index (κ2) is 9.70. The van der Waals surface area contributed by atoms with Crippen molar-refractivity contribution in [3.05, 3.63) is 94.3 Å². The minimum Gasteiger partial charge on any atom is -0.307 e. The van der Waals surface area contributed by atoms with E-state index in [1.807, 2.05) is 44.2 Å². The Morgan fingerprint density at radius 3 is 2.45 bits per heavy atom. The minimum atomic E-state index is -0.610. The van der Waals surface area contributed by atoms with Crippen molar-refractivity contribution < 1.29 is 9.59 Å². The number of thioether (sulfide) groups is 1. The Kier molecular flexibility index (Phi) is 6.55. The van der Waals surface area contributed by atoms with Crippen LogP contribution < -0.4 is 16.2 Å². The van der Waals surface area contributed by atoms with E-state index in [2.05, 4.69) is 15.6 Å². The summed E-state index contributed by atoms with van der Waals surface area (Å²) in [6.45, 7) is 3.85. The van der Waals surface area contributed by atoms with E-state index >= 15 is 0 Å². The molecule has 2 N–H and O–H groups in total. The number of aryl methyl sites for hydroxylation is 1. The van der Waals surface area contributed by atoms with Crippen LogP contribution in [0.1, 0.15) is 11.1 Å². The van der Waals surface area contributed by atoms with E-state index in [1.54, 1.807) is 42.5 Å². The normalized spacial score (nSPS) is 10.7. The number of anilines is 1. The summed E-state index contributed by atoms with van der Waals surface area (Å²) < 4.78 is 1.48. The van der Waals surface area contributed by atoms with E-state index in [9.17, 15) is 14.4 Å². The molecule has 0 aliphatic carbocycles. The van der Waals surface area contributed by atoms with Gasteiger partial charge in [-0.25, -0.2) is 9.78 Å². The number of urea groups is 1. The lowest BCUT2D eigenvalue weighted by Gasteiger charge is -2.13. The Morgan fingerprint density at radius 2 is 1.67 bits per heavy atom. The first-order valence-electron chi connectivity index (χ1n) is 10.3. The molecule has 1 aromatic heterocycles. The number of carbonyl (C=O) groups excluding carboxylic acids is 2. The van der Waals surface area contributed by atoms with Crippen LogP contribution in [0.15, 0.2) is 82.7 Å². The minimum absolute atomic E-state index is 0.0855. The van der Waals surface area contributed by atoms with Gasteiger partial charge < -0.3 is 5.32 Å². The molecule has 3 amide bonds. The van der Waals surface area contributed by atoms with Crippen molar-refractivity contribution in [1.82, 2.24) is 14.9 Å². The number of hydrogen-bond acceptors (Lipinski definition) is 5. The zero-order valence-electron chi connectivity index (χ0n) is 18.2. The quantitative estimate of drug-likeness (QED) is 0.341. The van der Waals surface area contributed by atoms with Gasteiger partial charge in [-0.15, -0.1) is 0 Å². The van der Waals surface area contributed by atoms with Crippen LogP contribution in [-0.2, 0) is 4.79 Å². The van der Waals surface area contributed by atoms with Gasteiger partial charge in [-0.1, -0.05) is 54.2 Å². The average Bonchev–Trinajstić information content (AvgIpc) is 2.81. The molecule has 0 saturated carbocycles. The molecule has 8 heteroatoms. The maximum Gasteiger partial charge on any atom is 0.325 e. The van der Waals surface area contributed by atoms with Crippen molar-refractivity contribution in [3.63, 3.8) is 0 Å². The summed E-state index contributed by atoms with van der Waals surface area (Å²) in [4.78, 5) is 42.5. The van der Waals surface area contributed by atoms with E-state index in [0.29, 0.717) is 27.4 Å². The number of imide groups is 1. The number of amides is 3. The van der Waals surface area contributed by atoms with E-state index in [-0.39, 0.29) is 11.3 Å². The van der Waals surface area contributed by atoms with Crippen LogP contribution >= 0.6 is 11.8 Å². The summed E-state index contributed by atoms with van der Waals surface area (Å²) >= 11 is 1.09. The first kappa shape index (κ1) is 22.3. The Labute approximate surface area is 194 Å². The first-order valence-corrected chi connectivity index (χ1v) is 11.3.